The zero-order valence-corrected chi connectivity index (χ0v) is 12.3. The second kappa shape index (κ2) is 6.01. The molecule has 0 atom stereocenters. The number of nitrogens with two attached hydrogens (primary N) is 1. The van der Waals surface area contributed by atoms with E-state index in [0.29, 0.717) is 11.4 Å². The van der Waals surface area contributed by atoms with E-state index < -0.39 is 5.82 Å². The minimum atomic E-state index is -0.547. The molecule has 0 unspecified atom stereocenters. The fourth-order valence-corrected chi connectivity index (χ4v) is 1.99. The van der Waals surface area contributed by atoms with Crippen LogP contribution in [0.5, 0.6) is 0 Å². The largest absolute Gasteiger partial charge is 0.368 e. The van der Waals surface area contributed by atoms with E-state index in [1.165, 1.54) is 29.2 Å². The number of nitrogens with one attached hydrogen (secondary N) is 2. The number of benzene rings is 1. The fraction of sp³-hybridized carbons (Fsp3) is 0.0833. The van der Waals surface area contributed by atoms with Gasteiger partial charge in [0.1, 0.15) is 17.8 Å². The summed E-state index contributed by atoms with van der Waals surface area (Å²) < 4.78 is 19.2. The van der Waals surface area contributed by atoms with Crippen molar-refractivity contribution in [1.82, 2.24) is 25.1 Å². The van der Waals surface area contributed by atoms with E-state index >= 15 is 0 Å². The van der Waals surface area contributed by atoms with Gasteiger partial charge in [-0.3, -0.25) is 5.41 Å². The van der Waals surface area contributed by atoms with Gasteiger partial charge < -0.3 is 11.1 Å². The molecule has 1 aromatic carbocycles. The van der Waals surface area contributed by atoms with Gasteiger partial charge in [0, 0.05) is 5.69 Å². The number of rotatable bonds is 4. The normalized spacial score (nSPS) is 10.7. The molecule has 2 heterocycles. The Labute approximate surface area is 133 Å². The molecule has 0 aliphatic rings. The molecule has 9 nitrogen and oxygen atoms in total. The van der Waals surface area contributed by atoms with Crippen molar-refractivity contribution in [3.05, 3.63) is 46.8 Å². The first-order valence-electron chi connectivity index (χ1n) is 6.30. The summed E-state index contributed by atoms with van der Waals surface area (Å²) in [5.74, 6) is -0.444. The van der Waals surface area contributed by atoms with Crippen LogP contribution in [0.2, 0.25) is 5.02 Å². The topological polar surface area (TPSA) is 132 Å². The smallest absolute Gasteiger partial charge is 0.218 e. The molecule has 0 aliphatic heterocycles. The number of hydrogen-bond acceptors (Lipinski definition) is 7. The summed E-state index contributed by atoms with van der Waals surface area (Å²) in [7, 11) is 0. The van der Waals surface area contributed by atoms with E-state index in [1.807, 2.05) is 0 Å². The van der Waals surface area contributed by atoms with E-state index in [2.05, 4.69) is 30.3 Å². The highest BCUT2D eigenvalue weighted by atomic mass is 35.5. The molecule has 0 bridgehead atoms. The van der Waals surface area contributed by atoms with E-state index in [1.54, 1.807) is 0 Å². The Kier molecular flexibility index (Phi) is 3.89. The van der Waals surface area contributed by atoms with E-state index in [-0.39, 0.29) is 29.0 Å². The maximum Gasteiger partial charge on any atom is 0.218 e. The van der Waals surface area contributed by atoms with Gasteiger partial charge in [0.25, 0.3) is 0 Å². The zero-order chi connectivity index (χ0) is 16.4. The number of halogens is 2. The van der Waals surface area contributed by atoms with Crippen LogP contribution in [0.1, 0.15) is 11.4 Å². The second-order valence-electron chi connectivity index (χ2n) is 4.46. The van der Waals surface area contributed by atoms with Gasteiger partial charge in [-0.1, -0.05) is 16.8 Å². The van der Waals surface area contributed by atoms with Gasteiger partial charge >= 0.3 is 0 Å². The summed E-state index contributed by atoms with van der Waals surface area (Å²) >= 11 is 5.70. The highest BCUT2D eigenvalue weighted by molar-refractivity contribution is 6.31. The standard InChI is InChI=1S/C12H10ClFN8O/c13-7-3-6(1-2-8(7)14)19-11(15)10-9(20-23-21-10)4-22-12(16)17-5-18-22/h1-3,5H,4H2,(H2,15,19)(H2,16,17,18). The molecule has 11 heteroatoms. The summed E-state index contributed by atoms with van der Waals surface area (Å²) in [4.78, 5) is 3.79. The van der Waals surface area contributed by atoms with Crippen molar-refractivity contribution in [3.63, 3.8) is 0 Å². The molecule has 2 aromatic heterocycles. The van der Waals surface area contributed by atoms with Crippen LogP contribution in [-0.4, -0.2) is 30.9 Å². The lowest BCUT2D eigenvalue weighted by Crippen LogP contribution is -2.16. The quantitative estimate of drug-likeness (QED) is 0.486. The Morgan fingerprint density at radius 1 is 1.43 bits per heavy atom. The molecule has 3 aromatic rings. The summed E-state index contributed by atoms with van der Waals surface area (Å²) in [6.07, 6.45) is 1.30. The van der Waals surface area contributed by atoms with Crippen molar-refractivity contribution in [3.8, 4) is 0 Å². The van der Waals surface area contributed by atoms with Crippen LogP contribution in [0.25, 0.3) is 0 Å². The molecule has 0 saturated heterocycles. The lowest BCUT2D eigenvalue weighted by molar-refractivity contribution is 0.301. The Balaban J connectivity index is 1.79. The average molecular weight is 337 g/mol. The van der Waals surface area contributed by atoms with Gasteiger partial charge in [0.15, 0.2) is 11.5 Å². The van der Waals surface area contributed by atoms with Crippen LogP contribution >= 0.6 is 11.6 Å². The summed E-state index contributed by atoms with van der Waals surface area (Å²) in [5.41, 5.74) is 6.56. The first kappa shape index (κ1) is 14.9. The van der Waals surface area contributed by atoms with Crippen molar-refractivity contribution >= 4 is 29.1 Å². The zero-order valence-electron chi connectivity index (χ0n) is 11.5. The van der Waals surface area contributed by atoms with Gasteiger partial charge in [-0.15, -0.1) is 0 Å². The van der Waals surface area contributed by atoms with Crippen molar-refractivity contribution in [2.45, 2.75) is 6.54 Å². The number of hydrogen-bond donors (Lipinski definition) is 3. The van der Waals surface area contributed by atoms with Crippen molar-refractivity contribution in [2.75, 3.05) is 11.1 Å². The van der Waals surface area contributed by atoms with Crippen LogP contribution < -0.4 is 11.1 Å². The van der Waals surface area contributed by atoms with Crippen molar-refractivity contribution < 1.29 is 9.02 Å². The van der Waals surface area contributed by atoms with Crippen LogP contribution in [0, 0.1) is 11.2 Å². The molecule has 0 radical (unpaired) electrons. The number of aromatic nitrogens is 5. The van der Waals surface area contributed by atoms with Crippen molar-refractivity contribution in [2.24, 2.45) is 0 Å². The Morgan fingerprint density at radius 3 is 2.96 bits per heavy atom. The van der Waals surface area contributed by atoms with Crippen LogP contribution in [0.3, 0.4) is 0 Å². The molecule has 0 saturated carbocycles. The number of nitrogen functional groups attached to an aromatic ring is 1. The molecule has 0 aliphatic carbocycles. The molecule has 23 heavy (non-hydrogen) atoms. The third-order valence-corrected chi connectivity index (χ3v) is 3.22. The van der Waals surface area contributed by atoms with Gasteiger partial charge in [-0.05, 0) is 23.4 Å². The first-order valence-corrected chi connectivity index (χ1v) is 6.68. The predicted octanol–water partition coefficient (Wildman–Crippen LogP) is 1.52. The van der Waals surface area contributed by atoms with Gasteiger partial charge in [-0.2, -0.15) is 5.10 Å². The molecule has 0 fully saturated rings. The van der Waals surface area contributed by atoms with Gasteiger partial charge in [0.2, 0.25) is 5.95 Å². The minimum absolute atomic E-state index is 0.0586. The van der Waals surface area contributed by atoms with Crippen molar-refractivity contribution in [1.29, 1.82) is 5.41 Å². The highest BCUT2D eigenvalue weighted by Gasteiger charge is 2.17. The average Bonchev–Trinajstić information content (AvgIpc) is 3.13. The van der Waals surface area contributed by atoms with Gasteiger partial charge in [-0.25, -0.2) is 18.7 Å². The number of nitrogens with zero attached hydrogens (tertiary/aromatic N) is 5. The summed E-state index contributed by atoms with van der Waals surface area (Å²) in [6.45, 7) is 0.138. The van der Waals surface area contributed by atoms with E-state index in [4.69, 9.17) is 22.7 Å². The predicted molar refractivity (Wildman–Crippen MR) is 79.7 cm³/mol. The maximum atomic E-state index is 13.1. The molecule has 0 spiro atoms. The molecule has 4 N–H and O–H groups in total. The molecular weight excluding hydrogens is 327 g/mol. The third kappa shape index (κ3) is 3.11. The molecule has 3 rings (SSSR count). The van der Waals surface area contributed by atoms with Crippen LogP contribution in [0.15, 0.2) is 29.2 Å². The monoisotopic (exact) mass is 336 g/mol. The minimum Gasteiger partial charge on any atom is -0.368 e. The molecule has 0 amide bonds. The Hall–Kier alpha value is -3.01. The first-order chi connectivity index (χ1) is 11.0. The molecular formula is C12H10ClFN8O. The second-order valence-corrected chi connectivity index (χ2v) is 4.87. The lowest BCUT2D eigenvalue weighted by atomic mass is 10.2. The summed E-state index contributed by atoms with van der Waals surface area (Å²) in [6, 6.07) is 3.99. The van der Waals surface area contributed by atoms with Crippen LogP contribution in [-0.2, 0) is 6.54 Å². The number of amidine groups is 1. The SMILES string of the molecule is N=C(Nc1ccc(F)c(Cl)c1)c1nonc1Cn1ncnc1N. The lowest BCUT2D eigenvalue weighted by Gasteiger charge is -2.07. The third-order valence-electron chi connectivity index (χ3n) is 2.93. The van der Waals surface area contributed by atoms with E-state index in [0.717, 1.165) is 0 Å². The van der Waals surface area contributed by atoms with Crippen LogP contribution in [0.4, 0.5) is 16.0 Å². The maximum absolute atomic E-state index is 13.1. The Morgan fingerprint density at radius 2 is 2.26 bits per heavy atom. The highest BCUT2D eigenvalue weighted by Crippen LogP contribution is 2.20. The number of anilines is 2. The Bertz CT molecular complexity index is 860. The van der Waals surface area contributed by atoms with Gasteiger partial charge in [0.05, 0.1) is 11.6 Å². The fourth-order valence-electron chi connectivity index (χ4n) is 1.81. The van der Waals surface area contributed by atoms with E-state index in [9.17, 15) is 4.39 Å². The molecule has 118 valence electrons. The summed E-state index contributed by atoms with van der Waals surface area (Å²) in [5, 5.41) is 22.1.